The molecule has 0 atom stereocenters. The van der Waals surface area contributed by atoms with Gasteiger partial charge in [0.15, 0.2) is 5.79 Å². The zero-order valence-corrected chi connectivity index (χ0v) is 9.22. The van der Waals surface area contributed by atoms with Crippen LogP contribution in [0.4, 0.5) is 0 Å². The van der Waals surface area contributed by atoms with Gasteiger partial charge in [-0.05, 0) is 6.42 Å². The monoisotopic (exact) mass is 220 g/mol. The SMILES string of the molecule is O=CCCCC1(c2ccccc2)OCCO1. The van der Waals surface area contributed by atoms with E-state index in [0.717, 1.165) is 24.7 Å². The Morgan fingerprint density at radius 1 is 1.19 bits per heavy atom. The maximum atomic E-state index is 10.3. The summed E-state index contributed by atoms with van der Waals surface area (Å²) in [6.07, 6.45) is 3.02. The van der Waals surface area contributed by atoms with E-state index in [1.54, 1.807) is 0 Å². The van der Waals surface area contributed by atoms with Crippen LogP contribution in [0.25, 0.3) is 0 Å². The molecule has 1 aromatic rings. The molecule has 1 fully saturated rings. The van der Waals surface area contributed by atoms with Gasteiger partial charge in [-0.2, -0.15) is 0 Å². The molecule has 0 radical (unpaired) electrons. The van der Waals surface area contributed by atoms with Gasteiger partial charge in [0.05, 0.1) is 13.2 Å². The lowest BCUT2D eigenvalue weighted by Gasteiger charge is -2.27. The molecular formula is C13H16O3. The van der Waals surface area contributed by atoms with E-state index < -0.39 is 5.79 Å². The summed E-state index contributed by atoms with van der Waals surface area (Å²) in [4.78, 5) is 10.3. The lowest BCUT2D eigenvalue weighted by atomic mass is 10.00. The van der Waals surface area contributed by atoms with Crippen molar-refractivity contribution in [3.05, 3.63) is 35.9 Å². The molecule has 0 saturated carbocycles. The number of hydrogen-bond acceptors (Lipinski definition) is 3. The summed E-state index contributed by atoms with van der Waals surface area (Å²) in [5, 5.41) is 0. The summed E-state index contributed by atoms with van der Waals surface area (Å²) >= 11 is 0. The number of hydrogen-bond donors (Lipinski definition) is 0. The number of aldehydes is 1. The Hall–Kier alpha value is -1.19. The fraction of sp³-hybridized carbons (Fsp3) is 0.462. The molecule has 16 heavy (non-hydrogen) atoms. The zero-order valence-electron chi connectivity index (χ0n) is 9.22. The van der Waals surface area contributed by atoms with E-state index in [1.165, 1.54) is 0 Å². The molecule has 0 aromatic heterocycles. The number of benzene rings is 1. The Balaban J connectivity index is 2.12. The highest BCUT2D eigenvalue weighted by Gasteiger charge is 2.37. The highest BCUT2D eigenvalue weighted by molar-refractivity contribution is 5.49. The van der Waals surface area contributed by atoms with Gasteiger partial charge < -0.3 is 14.3 Å². The van der Waals surface area contributed by atoms with Crippen molar-refractivity contribution in [2.24, 2.45) is 0 Å². The van der Waals surface area contributed by atoms with Crippen LogP contribution >= 0.6 is 0 Å². The highest BCUT2D eigenvalue weighted by Crippen LogP contribution is 2.35. The number of unbranched alkanes of at least 4 members (excludes halogenated alkanes) is 1. The molecule has 3 nitrogen and oxygen atoms in total. The van der Waals surface area contributed by atoms with Gasteiger partial charge in [-0.3, -0.25) is 0 Å². The van der Waals surface area contributed by atoms with E-state index in [4.69, 9.17) is 9.47 Å². The Kier molecular flexibility index (Phi) is 3.70. The molecule has 0 amide bonds. The predicted octanol–water partition coefficient (Wildman–Crippen LogP) is 2.26. The van der Waals surface area contributed by atoms with E-state index in [0.29, 0.717) is 19.6 Å². The van der Waals surface area contributed by atoms with Gasteiger partial charge in [0.2, 0.25) is 0 Å². The molecule has 1 aromatic carbocycles. The quantitative estimate of drug-likeness (QED) is 0.564. The Morgan fingerprint density at radius 2 is 1.88 bits per heavy atom. The van der Waals surface area contributed by atoms with Gasteiger partial charge in [0, 0.05) is 18.4 Å². The standard InChI is InChI=1S/C13H16O3/c14-9-5-4-8-13(15-10-11-16-13)12-6-2-1-3-7-12/h1-3,6-7,9H,4-5,8,10-11H2. The third kappa shape index (κ3) is 2.31. The summed E-state index contributed by atoms with van der Waals surface area (Å²) < 4.78 is 11.5. The molecule has 0 N–H and O–H groups in total. The van der Waals surface area contributed by atoms with Crippen LogP contribution in [0.15, 0.2) is 30.3 Å². The number of ether oxygens (including phenoxy) is 2. The smallest absolute Gasteiger partial charge is 0.194 e. The average Bonchev–Trinajstić information content (AvgIpc) is 2.81. The van der Waals surface area contributed by atoms with Crippen LogP contribution in [0, 0.1) is 0 Å². The van der Waals surface area contributed by atoms with Crippen LogP contribution in [-0.2, 0) is 20.1 Å². The van der Waals surface area contributed by atoms with E-state index in [1.807, 2.05) is 30.3 Å². The van der Waals surface area contributed by atoms with Gasteiger partial charge in [0.1, 0.15) is 6.29 Å². The average molecular weight is 220 g/mol. The summed E-state index contributed by atoms with van der Waals surface area (Å²) in [5.74, 6) is -0.621. The van der Waals surface area contributed by atoms with Crippen LogP contribution < -0.4 is 0 Å². The third-order valence-corrected chi connectivity index (χ3v) is 2.80. The summed E-state index contributed by atoms with van der Waals surface area (Å²) in [7, 11) is 0. The second kappa shape index (κ2) is 5.23. The molecule has 0 unspecified atom stereocenters. The van der Waals surface area contributed by atoms with Crippen molar-refractivity contribution in [1.82, 2.24) is 0 Å². The maximum Gasteiger partial charge on any atom is 0.194 e. The molecule has 2 rings (SSSR count). The number of rotatable bonds is 5. The second-order valence-electron chi connectivity index (χ2n) is 3.87. The molecule has 1 aliphatic rings. The minimum Gasteiger partial charge on any atom is -0.343 e. The number of carbonyl (C=O) groups is 1. The van der Waals surface area contributed by atoms with Gasteiger partial charge in [-0.25, -0.2) is 0 Å². The lowest BCUT2D eigenvalue weighted by Crippen LogP contribution is -2.27. The van der Waals surface area contributed by atoms with Crippen LogP contribution in [0.3, 0.4) is 0 Å². The molecule has 1 saturated heterocycles. The molecular weight excluding hydrogens is 204 g/mol. The van der Waals surface area contributed by atoms with Crippen LogP contribution in [-0.4, -0.2) is 19.5 Å². The molecule has 86 valence electrons. The third-order valence-electron chi connectivity index (χ3n) is 2.80. The largest absolute Gasteiger partial charge is 0.343 e. The van der Waals surface area contributed by atoms with E-state index in [9.17, 15) is 4.79 Å². The second-order valence-corrected chi connectivity index (χ2v) is 3.87. The molecule has 0 spiro atoms. The first kappa shape index (κ1) is 11.3. The van der Waals surface area contributed by atoms with Gasteiger partial charge in [0.25, 0.3) is 0 Å². The van der Waals surface area contributed by atoms with Crippen molar-refractivity contribution >= 4 is 6.29 Å². The first-order valence-corrected chi connectivity index (χ1v) is 5.64. The Labute approximate surface area is 95.4 Å². The Bertz CT molecular complexity index is 328. The highest BCUT2D eigenvalue weighted by atomic mass is 16.7. The van der Waals surface area contributed by atoms with Crippen molar-refractivity contribution < 1.29 is 14.3 Å². The van der Waals surface area contributed by atoms with Crippen molar-refractivity contribution in [3.63, 3.8) is 0 Å². The van der Waals surface area contributed by atoms with Crippen molar-refractivity contribution in [1.29, 1.82) is 0 Å². The van der Waals surface area contributed by atoms with Gasteiger partial charge in [-0.15, -0.1) is 0 Å². The summed E-state index contributed by atoms with van der Waals surface area (Å²) in [5.41, 5.74) is 1.04. The maximum absolute atomic E-state index is 10.3. The van der Waals surface area contributed by atoms with Gasteiger partial charge >= 0.3 is 0 Å². The zero-order chi connectivity index (χ0) is 11.3. The van der Waals surface area contributed by atoms with Crippen LogP contribution in [0.2, 0.25) is 0 Å². The molecule has 1 heterocycles. The molecule has 1 aliphatic heterocycles. The van der Waals surface area contributed by atoms with Crippen LogP contribution in [0.1, 0.15) is 24.8 Å². The molecule has 3 heteroatoms. The first-order valence-electron chi connectivity index (χ1n) is 5.64. The minimum absolute atomic E-state index is 0.557. The Morgan fingerprint density at radius 3 is 2.50 bits per heavy atom. The summed E-state index contributed by atoms with van der Waals surface area (Å²) in [6.45, 7) is 1.24. The van der Waals surface area contributed by atoms with Crippen LogP contribution in [0.5, 0.6) is 0 Å². The number of carbonyl (C=O) groups excluding carboxylic acids is 1. The van der Waals surface area contributed by atoms with Gasteiger partial charge in [-0.1, -0.05) is 30.3 Å². The van der Waals surface area contributed by atoms with E-state index in [-0.39, 0.29) is 0 Å². The topological polar surface area (TPSA) is 35.5 Å². The molecule has 0 bridgehead atoms. The van der Waals surface area contributed by atoms with Crippen molar-refractivity contribution in [2.75, 3.05) is 13.2 Å². The fourth-order valence-electron chi connectivity index (χ4n) is 2.02. The molecule has 0 aliphatic carbocycles. The van der Waals surface area contributed by atoms with E-state index >= 15 is 0 Å². The normalized spacial score (nSPS) is 18.5. The van der Waals surface area contributed by atoms with Crippen molar-refractivity contribution in [3.8, 4) is 0 Å². The predicted molar refractivity (Wildman–Crippen MR) is 59.9 cm³/mol. The minimum atomic E-state index is -0.621. The fourth-order valence-corrected chi connectivity index (χ4v) is 2.02. The summed E-state index contributed by atoms with van der Waals surface area (Å²) in [6, 6.07) is 9.93. The van der Waals surface area contributed by atoms with E-state index in [2.05, 4.69) is 0 Å². The lowest BCUT2D eigenvalue weighted by molar-refractivity contribution is -0.171. The van der Waals surface area contributed by atoms with Crippen molar-refractivity contribution in [2.45, 2.75) is 25.0 Å². The first-order chi connectivity index (χ1) is 7.87.